The zero-order chi connectivity index (χ0) is 27.8. The molecule has 0 aromatic heterocycles. The Bertz CT molecular complexity index is 866. The molecule has 0 saturated carbocycles. The van der Waals surface area contributed by atoms with Crippen LogP contribution in [0.4, 0.5) is 4.79 Å². The molecule has 3 unspecified atom stereocenters. The van der Waals surface area contributed by atoms with Gasteiger partial charge < -0.3 is 20.3 Å². The lowest BCUT2D eigenvalue weighted by molar-refractivity contribution is -0.146. The highest BCUT2D eigenvalue weighted by molar-refractivity contribution is 5.92. The quantitative estimate of drug-likeness (QED) is 0.424. The van der Waals surface area contributed by atoms with Gasteiger partial charge in [-0.25, -0.2) is 4.79 Å². The summed E-state index contributed by atoms with van der Waals surface area (Å²) in [5, 5.41) is 5.86. The zero-order valence-electron chi connectivity index (χ0n) is 24.3. The summed E-state index contributed by atoms with van der Waals surface area (Å²) in [6.07, 6.45) is 1.31. The van der Waals surface area contributed by atoms with Crippen molar-refractivity contribution in [2.45, 2.75) is 125 Å². The number of ether oxygens (including phenoxy) is 1. The number of carbonyl (C=O) groups excluding carboxylic acids is 3. The SMILES string of the molecule is CCc1ccc(C(C(=O)NC(C)(C)C)N(C(=O)C(CC(C)C)NC(=O)OC(C)(C)C)C(C)CC)cc1. The zero-order valence-corrected chi connectivity index (χ0v) is 24.3. The van der Waals surface area contributed by atoms with Crippen LogP contribution in [0, 0.1) is 5.92 Å². The Labute approximate surface area is 218 Å². The highest BCUT2D eigenvalue weighted by atomic mass is 16.6. The highest BCUT2D eigenvalue weighted by Gasteiger charge is 2.39. The smallest absolute Gasteiger partial charge is 0.408 e. The largest absolute Gasteiger partial charge is 0.444 e. The van der Waals surface area contributed by atoms with Gasteiger partial charge in [0.25, 0.3) is 0 Å². The van der Waals surface area contributed by atoms with Gasteiger partial charge in [-0.15, -0.1) is 0 Å². The summed E-state index contributed by atoms with van der Waals surface area (Å²) < 4.78 is 5.45. The Balaban J connectivity index is 3.57. The van der Waals surface area contributed by atoms with Gasteiger partial charge in [0, 0.05) is 11.6 Å². The molecule has 7 nitrogen and oxygen atoms in total. The van der Waals surface area contributed by atoms with Crippen LogP contribution in [0.15, 0.2) is 24.3 Å². The topological polar surface area (TPSA) is 87.7 Å². The van der Waals surface area contributed by atoms with Crippen LogP contribution in [0.1, 0.15) is 106 Å². The normalized spacial score (nSPS) is 14.6. The molecule has 0 aliphatic heterocycles. The molecule has 1 rings (SSSR count). The van der Waals surface area contributed by atoms with Crippen molar-refractivity contribution in [3.8, 4) is 0 Å². The first-order chi connectivity index (χ1) is 16.5. The molecule has 36 heavy (non-hydrogen) atoms. The lowest BCUT2D eigenvalue weighted by atomic mass is 9.95. The maximum atomic E-state index is 14.2. The van der Waals surface area contributed by atoms with Crippen molar-refractivity contribution >= 4 is 17.9 Å². The third-order valence-electron chi connectivity index (χ3n) is 5.74. The van der Waals surface area contributed by atoms with E-state index in [1.165, 1.54) is 0 Å². The molecule has 3 atom stereocenters. The fourth-order valence-electron chi connectivity index (χ4n) is 3.93. The second-order valence-electron chi connectivity index (χ2n) is 12.1. The lowest BCUT2D eigenvalue weighted by Crippen LogP contribution is -2.57. The number of alkyl carbamates (subject to hydrolysis) is 1. The van der Waals surface area contributed by atoms with Crippen LogP contribution >= 0.6 is 0 Å². The number of benzene rings is 1. The summed E-state index contributed by atoms with van der Waals surface area (Å²) in [5.41, 5.74) is 0.722. The molecule has 0 radical (unpaired) electrons. The van der Waals surface area contributed by atoms with Gasteiger partial charge in [-0.1, -0.05) is 52.0 Å². The van der Waals surface area contributed by atoms with Crippen molar-refractivity contribution in [1.29, 1.82) is 0 Å². The number of carbonyl (C=O) groups is 3. The standard InChI is InChI=1S/C29H49N3O4/c1-12-20(5)32(26(34)23(18-19(3)4)30-27(35)36-29(9,10)11)24(25(33)31-28(6,7)8)22-16-14-21(13-2)15-17-22/h14-17,19-20,23-24H,12-13,18H2,1-11H3,(H,30,35)(H,31,33). The predicted molar refractivity (Wildman–Crippen MR) is 146 cm³/mol. The molecule has 0 heterocycles. The van der Waals surface area contributed by atoms with E-state index in [4.69, 9.17) is 4.74 Å². The van der Waals surface area contributed by atoms with Gasteiger partial charge >= 0.3 is 6.09 Å². The second kappa shape index (κ2) is 13.1. The van der Waals surface area contributed by atoms with Gasteiger partial charge in [0.2, 0.25) is 11.8 Å². The second-order valence-corrected chi connectivity index (χ2v) is 12.1. The van der Waals surface area contributed by atoms with Crippen LogP contribution in [0.25, 0.3) is 0 Å². The Hall–Kier alpha value is -2.57. The van der Waals surface area contributed by atoms with E-state index in [-0.39, 0.29) is 23.8 Å². The number of nitrogens with zero attached hydrogens (tertiary/aromatic N) is 1. The molecule has 0 spiro atoms. The number of hydrogen-bond donors (Lipinski definition) is 2. The molecule has 0 saturated heterocycles. The van der Waals surface area contributed by atoms with E-state index in [0.29, 0.717) is 12.8 Å². The van der Waals surface area contributed by atoms with Gasteiger partial charge in [-0.2, -0.15) is 0 Å². The monoisotopic (exact) mass is 503 g/mol. The fraction of sp³-hybridized carbons (Fsp3) is 0.690. The van der Waals surface area contributed by atoms with Crippen LogP contribution in [0.5, 0.6) is 0 Å². The summed E-state index contributed by atoms with van der Waals surface area (Å²) in [4.78, 5) is 42.2. The molecule has 204 valence electrons. The van der Waals surface area contributed by atoms with Gasteiger partial charge in [-0.05, 0) is 84.8 Å². The maximum Gasteiger partial charge on any atom is 0.408 e. The lowest BCUT2D eigenvalue weighted by Gasteiger charge is -2.39. The van der Waals surface area contributed by atoms with Crippen molar-refractivity contribution in [1.82, 2.24) is 15.5 Å². The summed E-state index contributed by atoms with van der Waals surface area (Å²) in [6, 6.07) is 5.93. The van der Waals surface area contributed by atoms with E-state index in [9.17, 15) is 14.4 Å². The number of nitrogens with one attached hydrogen (secondary N) is 2. The molecule has 0 aliphatic carbocycles. The Morgan fingerprint density at radius 1 is 0.944 bits per heavy atom. The van der Waals surface area contributed by atoms with E-state index in [1.807, 2.05) is 72.7 Å². The molecular weight excluding hydrogens is 454 g/mol. The third kappa shape index (κ3) is 10.2. The Kier molecular flexibility index (Phi) is 11.5. The number of hydrogen-bond acceptors (Lipinski definition) is 4. The van der Waals surface area contributed by atoms with E-state index >= 15 is 0 Å². The van der Waals surface area contributed by atoms with E-state index in [0.717, 1.165) is 17.5 Å². The first-order valence-corrected chi connectivity index (χ1v) is 13.2. The predicted octanol–water partition coefficient (Wildman–Crippen LogP) is 5.77. The first kappa shape index (κ1) is 31.5. The average molecular weight is 504 g/mol. The van der Waals surface area contributed by atoms with Crippen LogP contribution < -0.4 is 10.6 Å². The molecule has 3 amide bonds. The Morgan fingerprint density at radius 2 is 1.50 bits per heavy atom. The minimum absolute atomic E-state index is 0.137. The number of rotatable bonds is 10. The molecule has 0 fully saturated rings. The minimum atomic E-state index is -0.840. The fourth-order valence-corrected chi connectivity index (χ4v) is 3.93. The number of aryl methyl sites for hydroxylation is 1. The first-order valence-electron chi connectivity index (χ1n) is 13.2. The molecule has 0 bridgehead atoms. The van der Waals surface area contributed by atoms with Gasteiger partial charge in [0.05, 0.1) is 0 Å². The van der Waals surface area contributed by atoms with E-state index in [2.05, 4.69) is 17.6 Å². The van der Waals surface area contributed by atoms with Crippen molar-refractivity contribution < 1.29 is 19.1 Å². The minimum Gasteiger partial charge on any atom is -0.444 e. The molecule has 1 aromatic carbocycles. The average Bonchev–Trinajstić information content (AvgIpc) is 2.73. The Morgan fingerprint density at radius 3 is 1.92 bits per heavy atom. The molecular formula is C29H49N3O4. The van der Waals surface area contributed by atoms with E-state index < -0.39 is 29.3 Å². The van der Waals surface area contributed by atoms with Crippen molar-refractivity contribution in [3.05, 3.63) is 35.4 Å². The third-order valence-corrected chi connectivity index (χ3v) is 5.74. The summed E-state index contributed by atoms with van der Waals surface area (Å²) >= 11 is 0. The molecule has 0 aliphatic rings. The van der Waals surface area contributed by atoms with E-state index in [1.54, 1.807) is 25.7 Å². The van der Waals surface area contributed by atoms with Crippen molar-refractivity contribution in [2.75, 3.05) is 0 Å². The van der Waals surface area contributed by atoms with Crippen molar-refractivity contribution in [2.24, 2.45) is 5.92 Å². The molecule has 2 N–H and O–H groups in total. The van der Waals surface area contributed by atoms with Gasteiger partial charge in [0.15, 0.2) is 0 Å². The van der Waals surface area contributed by atoms with Crippen LogP contribution in [-0.4, -0.2) is 46.0 Å². The van der Waals surface area contributed by atoms with Crippen LogP contribution in [-0.2, 0) is 20.7 Å². The van der Waals surface area contributed by atoms with Crippen molar-refractivity contribution in [3.63, 3.8) is 0 Å². The van der Waals surface area contributed by atoms with Gasteiger partial charge in [0.1, 0.15) is 17.7 Å². The summed E-state index contributed by atoms with van der Waals surface area (Å²) in [6.45, 7) is 21.1. The maximum absolute atomic E-state index is 14.2. The molecule has 7 heteroatoms. The van der Waals surface area contributed by atoms with Gasteiger partial charge in [-0.3, -0.25) is 9.59 Å². The summed E-state index contributed by atoms with van der Waals surface area (Å²) in [5.74, 6) is -0.406. The summed E-state index contributed by atoms with van der Waals surface area (Å²) in [7, 11) is 0. The molecule has 1 aromatic rings. The van der Waals surface area contributed by atoms with Crippen LogP contribution in [0.3, 0.4) is 0 Å². The van der Waals surface area contributed by atoms with Crippen LogP contribution in [0.2, 0.25) is 0 Å². The highest BCUT2D eigenvalue weighted by Crippen LogP contribution is 2.28. The number of amides is 3.